The predicted molar refractivity (Wildman–Crippen MR) is 63.7 cm³/mol. The average molecular weight is 190 g/mol. The number of anilines is 1. The molecule has 0 saturated carbocycles. The van der Waals surface area contributed by atoms with Crippen LogP contribution in [0.2, 0.25) is 0 Å². The Hall–Kier alpha value is -1.28. The van der Waals surface area contributed by atoms with Crippen LogP contribution in [0.5, 0.6) is 0 Å². The summed E-state index contributed by atoms with van der Waals surface area (Å²) in [5.41, 5.74) is 2.47. The van der Waals surface area contributed by atoms with E-state index in [1.807, 2.05) is 21.1 Å². The van der Waals surface area contributed by atoms with Gasteiger partial charge in [-0.3, -0.25) is 0 Å². The fourth-order valence-corrected chi connectivity index (χ4v) is 1.20. The summed E-state index contributed by atoms with van der Waals surface area (Å²) in [6.45, 7) is 0.912. The molecule has 1 rings (SSSR count). The van der Waals surface area contributed by atoms with Crippen molar-refractivity contribution in [3.8, 4) is 0 Å². The van der Waals surface area contributed by atoms with Crippen molar-refractivity contribution < 1.29 is 0 Å². The Bertz CT molecular complexity index is 286. The predicted octanol–water partition coefficient (Wildman–Crippen LogP) is 1.99. The van der Waals surface area contributed by atoms with Gasteiger partial charge >= 0.3 is 0 Å². The van der Waals surface area contributed by atoms with Crippen LogP contribution in [-0.2, 0) is 0 Å². The van der Waals surface area contributed by atoms with Crippen molar-refractivity contribution in [1.29, 1.82) is 0 Å². The Kier molecular flexibility index (Phi) is 4.20. The summed E-state index contributed by atoms with van der Waals surface area (Å²) in [4.78, 5) is 2.10. The van der Waals surface area contributed by atoms with Crippen LogP contribution < -0.4 is 10.2 Å². The molecule has 0 aromatic heterocycles. The Morgan fingerprint density at radius 3 is 2.36 bits per heavy atom. The summed E-state index contributed by atoms with van der Waals surface area (Å²) in [6, 6.07) is 8.50. The van der Waals surface area contributed by atoms with Gasteiger partial charge < -0.3 is 10.2 Å². The van der Waals surface area contributed by atoms with Crippen molar-refractivity contribution >= 4 is 11.8 Å². The largest absolute Gasteiger partial charge is 0.378 e. The van der Waals surface area contributed by atoms with Gasteiger partial charge in [-0.2, -0.15) is 0 Å². The summed E-state index contributed by atoms with van der Waals surface area (Å²) in [5, 5.41) is 3.07. The van der Waals surface area contributed by atoms with Gasteiger partial charge in [-0.1, -0.05) is 24.3 Å². The van der Waals surface area contributed by atoms with E-state index in [0.29, 0.717) is 0 Å². The molecule has 0 heterocycles. The van der Waals surface area contributed by atoms with E-state index in [1.54, 1.807) is 0 Å². The summed E-state index contributed by atoms with van der Waals surface area (Å²) in [7, 11) is 6.04. The van der Waals surface area contributed by atoms with Crippen LogP contribution in [0.4, 0.5) is 5.69 Å². The fraction of sp³-hybridized carbons (Fsp3) is 0.333. The van der Waals surface area contributed by atoms with Crippen molar-refractivity contribution in [2.45, 2.75) is 0 Å². The zero-order chi connectivity index (χ0) is 10.4. The standard InChI is InChI=1S/C12H18N2/c1-13-10-4-5-11-6-8-12(9-7-11)14(2)3/h4-9,13H,10H2,1-3H3. The minimum absolute atomic E-state index is 0.912. The molecule has 0 fully saturated rings. The first-order chi connectivity index (χ1) is 6.74. The highest BCUT2D eigenvalue weighted by atomic mass is 15.1. The Labute approximate surface area is 86.2 Å². The lowest BCUT2D eigenvalue weighted by Gasteiger charge is -2.11. The zero-order valence-corrected chi connectivity index (χ0v) is 9.12. The third-order valence-electron chi connectivity index (χ3n) is 2.04. The van der Waals surface area contributed by atoms with E-state index in [1.165, 1.54) is 11.3 Å². The van der Waals surface area contributed by atoms with Gasteiger partial charge in [0, 0.05) is 26.3 Å². The van der Waals surface area contributed by atoms with Gasteiger partial charge in [0.15, 0.2) is 0 Å². The number of likely N-dealkylation sites (N-methyl/N-ethyl adjacent to an activating group) is 1. The number of hydrogen-bond acceptors (Lipinski definition) is 2. The number of nitrogens with zero attached hydrogens (tertiary/aromatic N) is 1. The van der Waals surface area contributed by atoms with Gasteiger partial charge in [0.05, 0.1) is 0 Å². The summed E-state index contributed by atoms with van der Waals surface area (Å²) >= 11 is 0. The number of hydrogen-bond donors (Lipinski definition) is 1. The van der Waals surface area contributed by atoms with Crippen molar-refractivity contribution in [3.63, 3.8) is 0 Å². The third kappa shape index (κ3) is 3.23. The quantitative estimate of drug-likeness (QED) is 0.781. The van der Waals surface area contributed by atoms with Gasteiger partial charge in [-0.25, -0.2) is 0 Å². The van der Waals surface area contributed by atoms with E-state index in [9.17, 15) is 0 Å². The molecule has 14 heavy (non-hydrogen) atoms. The lowest BCUT2D eigenvalue weighted by molar-refractivity contribution is 0.922. The molecular formula is C12H18N2. The molecule has 2 heteroatoms. The van der Waals surface area contributed by atoms with E-state index in [0.717, 1.165) is 6.54 Å². The van der Waals surface area contributed by atoms with Gasteiger partial charge in [0.1, 0.15) is 0 Å². The van der Waals surface area contributed by atoms with Crippen molar-refractivity contribution in [2.24, 2.45) is 0 Å². The topological polar surface area (TPSA) is 15.3 Å². The smallest absolute Gasteiger partial charge is 0.0361 e. The molecule has 0 unspecified atom stereocenters. The molecule has 0 saturated heterocycles. The molecule has 1 N–H and O–H groups in total. The summed E-state index contributed by atoms with van der Waals surface area (Å²) in [6.07, 6.45) is 4.24. The first-order valence-corrected chi connectivity index (χ1v) is 4.82. The molecule has 0 aliphatic heterocycles. The molecule has 0 aliphatic rings. The molecule has 0 radical (unpaired) electrons. The summed E-state index contributed by atoms with van der Waals surface area (Å²) < 4.78 is 0. The molecule has 0 bridgehead atoms. The van der Waals surface area contributed by atoms with Crippen molar-refractivity contribution in [3.05, 3.63) is 35.9 Å². The van der Waals surface area contributed by atoms with Crippen LogP contribution in [0.1, 0.15) is 5.56 Å². The molecule has 1 aromatic carbocycles. The molecule has 0 amide bonds. The van der Waals surface area contributed by atoms with Crippen LogP contribution in [0.3, 0.4) is 0 Å². The molecule has 2 nitrogen and oxygen atoms in total. The van der Waals surface area contributed by atoms with Crippen LogP contribution in [0.15, 0.2) is 30.3 Å². The van der Waals surface area contributed by atoms with Crippen LogP contribution in [0.25, 0.3) is 6.08 Å². The molecule has 1 aromatic rings. The minimum Gasteiger partial charge on any atom is -0.378 e. The van der Waals surface area contributed by atoms with Crippen LogP contribution in [0, 0.1) is 0 Å². The van der Waals surface area contributed by atoms with Gasteiger partial charge in [0.25, 0.3) is 0 Å². The van der Waals surface area contributed by atoms with Gasteiger partial charge in [-0.15, -0.1) is 0 Å². The van der Waals surface area contributed by atoms with Crippen molar-refractivity contribution in [2.75, 3.05) is 32.6 Å². The number of benzene rings is 1. The summed E-state index contributed by atoms with van der Waals surface area (Å²) in [5.74, 6) is 0. The second-order valence-electron chi connectivity index (χ2n) is 3.45. The van der Waals surface area contributed by atoms with Gasteiger partial charge in [0.2, 0.25) is 0 Å². The molecular weight excluding hydrogens is 172 g/mol. The fourth-order valence-electron chi connectivity index (χ4n) is 1.20. The highest BCUT2D eigenvalue weighted by molar-refractivity contribution is 5.55. The Balaban J connectivity index is 2.64. The Morgan fingerprint density at radius 1 is 1.21 bits per heavy atom. The number of nitrogens with one attached hydrogen (secondary N) is 1. The van der Waals surface area contributed by atoms with E-state index in [-0.39, 0.29) is 0 Å². The first kappa shape index (κ1) is 10.8. The minimum atomic E-state index is 0.912. The molecule has 76 valence electrons. The van der Waals surface area contributed by atoms with Crippen LogP contribution >= 0.6 is 0 Å². The first-order valence-electron chi connectivity index (χ1n) is 4.82. The monoisotopic (exact) mass is 190 g/mol. The van der Waals surface area contributed by atoms with E-state index >= 15 is 0 Å². The maximum atomic E-state index is 3.07. The SMILES string of the molecule is CNCC=Cc1ccc(N(C)C)cc1. The molecule has 0 spiro atoms. The van der Waals surface area contributed by atoms with E-state index < -0.39 is 0 Å². The second kappa shape index (κ2) is 5.45. The van der Waals surface area contributed by atoms with E-state index in [2.05, 4.69) is 46.6 Å². The average Bonchev–Trinajstić information content (AvgIpc) is 2.19. The number of rotatable bonds is 4. The lowest BCUT2D eigenvalue weighted by Crippen LogP contribution is -2.07. The van der Waals surface area contributed by atoms with Crippen LogP contribution in [-0.4, -0.2) is 27.7 Å². The molecule has 0 aliphatic carbocycles. The zero-order valence-electron chi connectivity index (χ0n) is 9.12. The molecule has 0 atom stereocenters. The van der Waals surface area contributed by atoms with E-state index in [4.69, 9.17) is 0 Å². The highest BCUT2D eigenvalue weighted by Gasteiger charge is 1.92. The van der Waals surface area contributed by atoms with Gasteiger partial charge in [-0.05, 0) is 24.7 Å². The maximum absolute atomic E-state index is 3.07. The maximum Gasteiger partial charge on any atom is 0.0361 e. The third-order valence-corrected chi connectivity index (χ3v) is 2.04. The second-order valence-corrected chi connectivity index (χ2v) is 3.45. The normalized spacial score (nSPS) is 10.8. The highest BCUT2D eigenvalue weighted by Crippen LogP contribution is 2.12. The lowest BCUT2D eigenvalue weighted by atomic mass is 10.2. The Morgan fingerprint density at radius 2 is 1.86 bits per heavy atom. The van der Waals surface area contributed by atoms with Crippen molar-refractivity contribution in [1.82, 2.24) is 5.32 Å².